The molecule has 1 aromatic heterocycles. The van der Waals surface area contributed by atoms with E-state index in [9.17, 15) is 4.79 Å². The first-order chi connectivity index (χ1) is 8.94. The second-order valence-electron chi connectivity index (χ2n) is 5.79. The van der Waals surface area contributed by atoms with Crippen LogP contribution in [0.4, 0.5) is 10.5 Å². The molecule has 0 saturated carbocycles. The molecule has 0 aliphatic carbocycles. The lowest BCUT2D eigenvalue weighted by atomic mass is 10.2. The van der Waals surface area contributed by atoms with E-state index in [1.165, 1.54) is 0 Å². The molecule has 0 unspecified atom stereocenters. The largest absolute Gasteiger partial charge is 0.444 e. The molecule has 0 bridgehead atoms. The number of rotatable bonds is 2. The van der Waals surface area contributed by atoms with Gasteiger partial charge in [-0.1, -0.05) is 0 Å². The van der Waals surface area contributed by atoms with Crippen LogP contribution in [0.25, 0.3) is 0 Å². The number of alkyl carbamates (subject to hydrolysis) is 1. The van der Waals surface area contributed by atoms with Gasteiger partial charge >= 0.3 is 6.09 Å². The number of pyridine rings is 1. The summed E-state index contributed by atoms with van der Waals surface area (Å²) in [7, 11) is 0. The Balaban J connectivity index is 1.84. The van der Waals surface area contributed by atoms with Crippen molar-refractivity contribution in [3.63, 3.8) is 0 Å². The van der Waals surface area contributed by atoms with Crippen molar-refractivity contribution >= 4 is 11.8 Å². The molecule has 1 N–H and O–H groups in total. The van der Waals surface area contributed by atoms with E-state index in [2.05, 4.69) is 15.2 Å². The van der Waals surface area contributed by atoms with Crippen molar-refractivity contribution in [2.45, 2.75) is 38.8 Å². The Hall–Kier alpha value is -1.78. The van der Waals surface area contributed by atoms with Crippen LogP contribution in [0.3, 0.4) is 0 Å². The molecule has 1 fully saturated rings. The normalized spacial score (nSPS) is 19.3. The van der Waals surface area contributed by atoms with Gasteiger partial charge in [0.15, 0.2) is 0 Å². The van der Waals surface area contributed by atoms with Crippen molar-refractivity contribution in [2.75, 3.05) is 18.0 Å². The summed E-state index contributed by atoms with van der Waals surface area (Å²) in [5, 5.41) is 2.91. The third kappa shape index (κ3) is 4.12. The fourth-order valence-electron chi connectivity index (χ4n) is 2.13. The third-order valence-corrected chi connectivity index (χ3v) is 2.92. The number of carbonyl (C=O) groups is 1. The van der Waals surface area contributed by atoms with E-state index in [0.717, 1.165) is 25.2 Å². The topological polar surface area (TPSA) is 54.5 Å². The minimum Gasteiger partial charge on any atom is -0.444 e. The van der Waals surface area contributed by atoms with Crippen LogP contribution in [0.1, 0.15) is 27.2 Å². The predicted octanol–water partition coefficient (Wildman–Crippen LogP) is 2.19. The lowest BCUT2D eigenvalue weighted by Gasteiger charge is -2.22. The summed E-state index contributed by atoms with van der Waals surface area (Å²) in [6.45, 7) is 7.31. The smallest absolute Gasteiger partial charge is 0.407 e. The Morgan fingerprint density at radius 3 is 2.95 bits per heavy atom. The van der Waals surface area contributed by atoms with Crippen LogP contribution in [0.2, 0.25) is 0 Å². The summed E-state index contributed by atoms with van der Waals surface area (Å²) in [5.74, 6) is 0. The summed E-state index contributed by atoms with van der Waals surface area (Å²) >= 11 is 0. The van der Waals surface area contributed by atoms with E-state index in [1.807, 2.05) is 39.1 Å². The molecule has 1 amide bonds. The zero-order valence-electron chi connectivity index (χ0n) is 11.7. The standard InChI is InChI=1S/C14H21N3O2/c1-14(2,3)19-13(18)16-11-6-8-17(10-11)12-5-4-7-15-9-12/h4-5,7,9,11H,6,8,10H2,1-3H3,(H,16,18)/t11-/m0/s1. The van der Waals surface area contributed by atoms with Crippen LogP contribution in [-0.4, -0.2) is 35.8 Å². The number of ether oxygens (including phenoxy) is 1. The summed E-state index contributed by atoms with van der Waals surface area (Å²) < 4.78 is 5.26. The second-order valence-corrected chi connectivity index (χ2v) is 5.79. The van der Waals surface area contributed by atoms with Crippen molar-refractivity contribution in [1.29, 1.82) is 0 Å². The van der Waals surface area contributed by atoms with E-state index in [-0.39, 0.29) is 12.1 Å². The molecule has 1 aliphatic heterocycles. The molecular formula is C14H21N3O2. The van der Waals surface area contributed by atoms with Gasteiger partial charge in [-0.15, -0.1) is 0 Å². The quantitative estimate of drug-likeness (QED) is 0.888. The van der Waals surface area contributed by atoms with Gasteiger partial charge in [0, 0.05) is 19.3 Å². The number of nitrogens with one attached hydrogen (secondary N) is 1. The molecule has 0 aromatic carbocycles. The predicted molar refractivity (Wildman–Crippen MR) is 74.2 cm³/mol. The first kappa shape index (κ1) is 13.6. The SMILES string of the molecule is CC(C)(C)OC(=O)N[C@H]1CCN(c2cccnc2)C1. The molecule has 104 valence electrons. The van der Waals surface area contributed by atoms with Crippen LogP contribution >= 0.6 is 0 Å². The van der Waals surface area contributed by atoms with Gasteiger partial charge in [-0.3, -0.25) is 4.98 Å². The van der Waals surface area contributed by atoms with Crippen LogP contribution in [-0.2, 0) is 4.74 Å². The van der Waals surface area contributed by atoms with Crippen LogP contribution < -0.4 is 10.2 Å². The fraction of sp³-hybridized carbons (Fsp3) is 0.571. The Kier molecular flexibility index (Phi) is 3.93. The highest BCUT2D eigenvalue weighted by atomic mass is 16.6. The molecule has 5 nitrogen and oxygen atoms in total. The monoisotopic (exact) mass is 263 g/mol. The van der Waals surface area contributed by atoms with Gasteiger partial charge in [-0.2, -0.15) is 0 Å². The highest BCUT2D eigenvalue weighted by Crippen LogP contribution is 2.19. The molecule has 1 atom stereocenters. The lowest BCUT2D eigenvalue weighted by Crippen LogP contribution is -2.40. The first-order valence-electron chi connectivity index (χ1n) is 6.58. The van der Waals surface area contributed by atoms with Crippen LogP contribution in [0.5, 0.6) is 0 Å². The van der Waals surface area contributed by atoms with Gasteiger partial charge < -0.3 is 15.0 Å². The molecule has 5 heteroatoms. The number of anilines is 1. The Morgan fingerprint density at radius 1 is 1.53 bits per heavy atom. The van der Waals surface area contributed by atoms with Crippen molar-refractivity contribution < 1.29 is 9.53 Å². The van der Waals surface area contributed by atoms with Crippen molar-refractivity contribution in [3.8, 4) is 0 Å². The molecule has 0 spiro atoms. The Labute approximate surface area is 114 Å². The van der Waals surface area contributed by atoms with Gasteiger partial charge in [-0.05, 0) is 39.3 Å². The lowest BCUT2D eigenvalue weighted by molar-refractivity contribution is 0.0509. The number of nitrogens with zero attached hydrogens (tertiary/aromatic N) is 2. The van der Waals surface area contributed by atoms with Gasteiger partial charge in [0.2, 0.25) is 0 Å². The highest BCUT2D eigenvalue weighted by molar-refractivity contribution is 5.68. The molecule has 2 heterocycles. The molecule has 19 heavy (non-hydrogen) atoms. The van der Waals surface area contributed by atoms with E-state index < -0.39 is 5.60 Å². The van der Waals surface area contributed by atoms with Crippen LogP contribution in [0, 0.1) is 0 Å². The average molecular weight is 263 g/mol. The van der Waals surface area contributed by atoms with E-state index >= 15 is 0 Å². The number of hydrogen-bond acceptors (Lipinski definition) is 4. The molecule has 2 rings (SSSR count). The zero-order chi connectivity index (χ0) is 13.9. The first-order valence-corrected chi connectivity index (χ1v) is 6.58. The maximum Gasteiger partial charge on any atom is 0.407 e. The summed E-state index contributed by atoms with van der Waals surface area (Å²) in [5.41, 5.74) is 0.641. The van der Waals surface area contributed by atoms with E-state index in [4.69, 9.17) is 4.74 Å². The summed E-state index contributed by atoms with van der Waals surface area (Å²) in [6.07, 6.45) is 4.19. The molecule has 1 aliphatic rings. The Bertz CT molecular complexity index is 428. The molecule has 1 aromatic rings. The number of hydrogen-bond donors (Lipinski definition) is 1. The molecule has 0 radical (unpaired) electrons. The fourth-order valence-corrected chi connectivity index (χ4v) is 2.13. The van der Waals surface area contributed by atoms with Crippen molar-refractivity contribution in [3.05, 3.63) is 24.5 Å². The minimum atomic E-state index is -0.453. The summed E-state index contributed by atoms with van der Waals surface area (Å²) in [6, 6.07) is 4.09. The number of aromatic nitrogens is 1. The molecule has 1 saturated heterocycles. The molecular weight excluding hydrogens is 242 g/mol. The van der Waals surface area contributed by atoms with Crippen molar-refractivity contribution in [1.82, 2.24) is 10.3 Å². The van der Waals surface area contributed by atoms with Crippen molar-refractivity contribution in [2.24, 2.45) is 0 Å². The highest BCUT2D eigenvalue weighted by Gasteiger charge is 2.26. The second kappa shape index (κ2) is 5.47. The average Bonchev–Trinajstić information content (AvgIpc) is 2.76. The Morgan fingerprint density at radius 2 is 2.32 bits per heavy atom. The van der Waals surface area contributed by atoms with Crippen LogP contribution in [0.15, 0.2) is 24.5 Å². The maximum atomic E-state index is 11.7. The maximum absolute atomic E-state index is 11.7. The van der Waals surface area contributed by atoms with Gasteiger partial charge in [0.1, 0.15) is 5.60 Å². The minimum absolute atomic E-state index is 0.134. The zero-order valence-corrected chi connectivity index (χ0v) is 11.7. The summed E-state index contributed by atoms with van der Waals surface area (Å²) in [4.78, 5) is 18.0. The van der Waals surface area contributed by atoms with Gasteiger partial charge in [0.05, 0.1) is 17.9 Å². The van der Waals surface area contributed by atoms with Gasteiger partial charge in [0.25, 0.3) is 0 Å². The van der Waals surface area contributed by atoms with E-state index in [1.54, 1.807) is 6.20 Å². The van der Waals surface area contributed by atoms with E-state index in [0.29, 0.717) is 0 Å². The third-order valence-electron chi connectivity index (χ3n) is 2.92. The number of amides is 1. The number of carbonyl (C=O) groups excluding carboxylic acids is 1. The van der Waals surface area contributed by atoms with Gasteiger partial charge in [-0.25, -0.2) is 4.79 Å².